The summed E-state index contributed by atoms with van der Waals surface area (Å²) in [5.41, 5.74) is 3.76. The number of hydrogen-bond donors (Lipinski definition) is 1. The van der Waals surface area contributed by atoms with E-state index in [9.17, 15) is 4.79 Å². The lowest BCUT2D eigenvalue weighted by atomic mass is 10.0. The highest BCUT2D eigenvalue weighted by Crippen LogP contribution is 2.29. The highest BCUT2D eigenvalue weighted by molar-refractivity contribution is 6.31. The minimum absolute atomic E-state index is 0.206. The number of nitrogens with one attached hydrogen (secondary N) is 1. The summed E-state index contributed by atoms with van der Waals surface area (Å²) in [5, 5.41) is 3.50. The van der Waals surface area contributed by atoms with Gasteiger partial charge in [0, 0.05) is 10.7 Å². The van der Waals surface area contributed by atoms with Gasteiger partial charge in [0.2, 0.25) is 5.91 Å². The van der Waals surface area contributed by atoms with Gasteiger partial charge in [0.05, 0.1) is 0 Å². The molecule has 1 aromatic carbocycles. The highest BCUT2D eigenvalue weighted by atomic mass is 35.5. The zero-order valence-corrected chi connectivity index (χ0v) is 9.90. The number of benzene rings is 1. The summed E-state index contributed by atoms with van der Waals surface area (Å²) in [6, 6.07) is 1.85. The molecule has 0 aliphatic heterocycles. The first-order valence-electron chi connectivity index (χ1n) is 4.67. The maximum atomic E-state index is 11.2. The monoisotopic (exact) mass is 223 g/mol. The molecule has 0 unspecified atom stereocenters. The maximum absolute atomic E-state index is 11.2. The Kier molecular flexibility index (Phi) is 3.53. The molecule has 1 N–H and O–H groups in total. The Labute approximate surface area is 94.9 Å². The summed E-state index contributed by atoms with van der Waals surface area (Å²) in [6.45, 7) is 9.20. The Morgan fingerprint density at radius 3 is 2.53 bits per heavy atom. The number of aryl methyl sites for hydroxylation is 1. The summed E-state index contributed by atoms with van der Waals surface area (Å²) < 4.78 is 0. The smallest absolute Gasteiger partial charge is 0.247 e. The van der Waals surface area contributed by atoms with Gasteiger partial charge >= 0.3 is 0 Å². The Morgan fingerprint density at radius 2 is 2.00 bits per heavy atom. The lowest BCUT2D eigenvalue weighted by Gasteiger charge is -2.14. The van der Waals surface area contributed by atoms with Crippen molar-refractivity contribution in [2.24, 2.45) is 0 Å². The average molecular weight is 224 g/mol. The highest BCUT2D eigenvalue weighted by Gasteiger charge is 2.10. The molecule has 0 saturated carbocycles. The van der Waals surface area contributed by atoms with E-state index in [-0.39, 0.29) is 5.91 Å². The van der Waals surface area contributed by atoms with Gasteiger partial charge in [0.15, 0.2) is 0 Å². The zero-order valence-electron chi connectivity index (χ0n) is 9.15. The van der Waals surface area contributed by atoms with E-state index in [0.29, 0.717) is 0 Å². The van der Waals surface area contributed by atoms with E-state index < -0.39 is 0 Å². The van der Waals surface area contributed by atoms with Crippen molar-refractivity contribution in [3.63, 3.8) is 0 Å². The fourth-order valence-electron chi connectivity index (χ4n) is 1.40. The van der Waals surface area contributed by atoms with Gasteiger partial charge < -0.3 is 5.32 Å². The van der Waals surface area contributed by atoms with Crippen LogP contribution in [0.2, 0.25) is 5.02 Å². The maximum Gasteiger partial charge on any atom is 0.247 e. The molecule has 0 atom stereocenters. The average Bonchev–Trinajstić information content (AvgIpc) is 2.21. The Balaban J connectivity index is 3.23. The number of halogens is 1. The molecular weight excluding hydrogens is 210 g/mol. The van der Waals surface area contributed by atoms with E-state index in [1.807, 2.05) is 26.8 Å². The molecule has 0 saturated heterocycles. The summed E-state index contributed by atoms with van der Waals surface area (Å²) >= 11 is 6.03. The Hall–Kier alpha value is -1.28. The van der Waals surface area contributed by atoms with Crippen molar-refractivity contribution in [3.05, 3.63) is 40.4 Å². The number of hydrogen-bond acceptors (Lipinski definition) is 1. The van der Waals surface area contributed by atoms with E-state index in [4.69, 9.17) is 11.6 Å². The Bertz CT molecular complexity index is 424. The molecule has 0 aliphatic carbocycles. The molecule has 0 aromatic heterocycles. The number of carbonyl (C=O) groups is 1. The van der Waals surface area contributed by atoms with Gasteiger partial charge in [-0.25, -0.2) is 0 Å². The number of rotatable bonds is 2. The number of amides is 1. The van der Waals surface area contributed by atoms with Gasteiger partial charge in [-0.3, -0.25) is 4.79 Å². The first-order valence-corrected chi connectivity index (χ1v) is 5.05. The summed E-state index contributed by atoms with van der Waals surface area (Å²) in [6.07, 6.45) is 1.25. The third-order valence-corrected chi connectivity index (χ3v) is 2.86. The second kappa shape index (κ2) is 4.49. The lowest BCUT2D eigenvalue weighted by molar-refractivity contribution is -0.111. The van der Waals surface area contributed by atoms with Crippen molar-refractivity contribution < 1.29 is 4.79 Å². The summed E-state index contributed by atoms with van der Waals surface area (Å²) in [5.74, 6) is -0.206. The predicted molar refractivity (Wildman–Crippen MR) is 64.5 cm³/mol. The van der Waals surface area contributed by atoms with Crippen LogP contribution in [0, 0.1) is 20.8 Å². The van der Waals surface area contributed by atoms with Gasteiger partial charge in [0.25, 0.3) is 0 Å². The van der Waals surface area contributed by atoms with E-state index in [2.05, 4.69) is 11.9 Å². The van der Waals surface area contributed by atoms with Gasteiger partial charge in [-0.15, -0.1) is 0 Å². The quantitative estimate of drug-likeness (QED) is 0.766. The van der Waals surface area contributed by atoms with Crippen LogP contribution in [0.15, 0.2) is 18.7 Å². The molecule has 0 aliphatic rings. The minimum atomic E-state index is -0.206. The van der Waals surface area contributed by atoms with Gasteiger partial charge in [-0.05, 0) is 49.6 Å². The fraction of sp³-hybridized carbons (Fsp3) is 0.250. The zero-order chi connectivity index (χ0) is 11.6. The number of carbonyl (C=O) groups excluding carboxylic acids is 1. The molecule has 1 rings (SSSR count). The standard InChI is InChI=1S/C12H14ClNO/c1-5-11(15)14-12-7(2)6-10(13)8(3)9(12)4/h5-6H,1H2,2-4H3,(H,14,15). The largest absolute Gasteiger partial charge is 0.322 e. The van der Waals surface area contributed by atoms with Gasteiger partial charge in [-0.2, -0.15) is 0 Å². The van der Waals surface area contributed by atoms with Crippen LogP contribution in [0.1, 0.15) is 16.7 Å². The van der Waals surface area contributed by atoms with E-state index in [1.54, 1.807) is 0 Å². The second-order valence-electron chi connectivity index (χ2n) is 3.49. The molecule has 3 heteroatoms. The van der Waals surface area contributed by atoms with Crippen molar-refractivity contribution in [1.29, 1.82) is 0 Å². The van der Waals surface area contributed by atoms with Crippen LogP contribution in [0.4, 0.5) is 5.69 Å². The minimum Gasteiger partial charge on any atom is -0.322 e. The molecule has 0 spiro atoms. The van der Waals surface area contributed by atoms with Gasteiger partial charge in [0.1, 0.15) is 0 Å². The van der Waals surface area contributed by atoms with E-state index >= 15 is 0 Å². The van der Waals surface area contributed by atoms with Crippen LogP contribution in [-0.2, 0) is 4.79 Å². The van der Waals surface area contributed by atoms with Crippen LogP contribution in [0.3, 0.4) is 0 Å². The third kappa shape index (κ3) is 2.39. The topological polar surface area (TPSA) is 29.1 Å². The van der Waals surface area contributed by atoms with Gasteiger partial charge in [-0.1, -0.05) is 18.2 Å². The first kappa shape index (κ1) is 11.8. The van der Waals surface area contributed by atoms with Crippen LogP contribution in [-0.4, -0.2) is 5.91 Å². The summed E-state index contributed by atoms with van der Waals surface area (Å²) in [7, 11) is 0. The summed E-state index contributed by atoms with van der Waals surface area (Å²) in [4.78, 5) is 11.2. The van der Waals surface area contributed by atoms with Crippen LogP contribution >= 0.6 is 11.6 Å². The van der Waals surface area contributed by atoms with E-state index in [0.717, 1.165) is 27.4 Å². The molecule has 2 nitrogen and oxygen atoms in total. The van der Waals surface area contributed by atoms with Crippen molar-refractivity contribution in [2.45, 2.75) is 20.8 Å². The number of anilines is 1. The molecule has 0 fully saturated rings. The second-order valence-corrected chi connectivity index (χ2v) is 3.90. The normalized spacial score (nSPS) is 9.87. The van der Waals surface area contributed by atoms with Crippen molar-refractivity contribution >= 4 is 23.2 Å². The van der Waals surface area contributed by atoms with Crippen LogP contribution in [0.25, 0.3) is 0 Å². The molecule has 15 heavy (non-hydrogen) atoms. The van der Waals surface area contributed by atoms with Crippen LogP contribution in [0.5, 0.6) is 0 Å². The molecule has 0 bridgehead atoms. The molecule has 0 heterocycles. The SMILES string of the molecule is C=CC(=O)Nc1c(C)cc(Cl)c(C)c1C. The van der Waals surface area contributed by atoms with Crippen molar-refractivity contribution in [1.82, 2.24) is 0 Å². The van der Waals surface area contributed by atoms with Crippen molar-refractivity contribution in [2.75, 3.05) is 5.32 Å². The Morgan fingerprint density at radius 1 is 1.40 bits per heavy atom. The predicted octanol–water partition coefficient (Wildman–Crippen LogP) is 3.39. The molecule has 80 valence electrons. The lowest BCUT2D eigenvalue weighted by Crippen LogP contribution is -2.10. The van der Waals surface area contributed by atoms with Crippen molar-refractivity contribution in [3.8, 4) is 0 Å². The molecule has 0 radical (unpaired) electrons. The van der Waals surface area contributed by atoms with Crippen LogP contribution < -0.4 is 5.32 Å². The molecule has 1 aromatic rings. The third-order valence-electron chi connectivity index (χ3n) is 2.47. The van der Waals surface area contributed by atoms with E-state index in [1.165, 1.54) is 6.08 Å². The molecular formula is C12H14ClNO. The molecule has 1 amide bonds. The fourth-order valence-corrected chi connectivity index (χ4v) is 1.70. The first-order chi connectivity index (χ1) is 6.97.